The van der Waals surface area contributed by atoms with Crippen molar-refractivity contribution in [2.24, 2.45) is 10.8 Å². The van der Waals surface area contributed by atoms with Gasteiger partial charge in [0.2, 0.25) is 5.96 Å². The third-order valence-electron chi connectivity index (χ3n) is 1.35. The fraction of sp³-hybridized carbons (Fsp3) is 0. The van der Waals surface area contributed by atoms with E-state index in [0.717, 1.165) is 0 Å². The van der Waals surface area contributed by atoms with Gasteiger partial charge in [0.25, 0.3) is 0 Å². The molecule has 0 unspecified atom stereocenters. The van der Waals surface area contributed by atoms with Crippen molar-refractivity contribution in [1.29, 1.82) is 5.41 Å². The minimum atomic E-state index is -0.395. The number of nitrogens with two attached hydrogens (primary N) is 1. The van der Waals surface area contributed by atoms with Crippen LogP contribution in [0.15, 0.2) is 27.8 Å². The Morgan fingerprint density at radius 2 is 2.27 bits per heavy atom. The Morgan fingerprint density at radius 1 is 1.60 bits per heavy atom. The molecule has 0 fully saturated rings. The first-order valence-electron chi connectivity index (χ1n) is 3.68. The largest absolute Gasteiger partial charge is 0.369 e. The van der Waals surface area contributed by atoms with E-state index < -0.39 is 5.82 Å². The Balaban J connectivity index is 0.00000196. The third kappa shape index (κ3) is 4.75. The second-order valence-electron chi connectivity index (χ2n) is 2.45. The van der Waals surface area contributed by atoms with E-state index in [1.165, 1.54) is 12.3 Å². The molecule has 1 aromatic carbocycles. The first-order valence-corrected chi connectivity index (χ1v) is 4.47. The Morgan fingerprint density at radius 3 is 2.80 bits per heavy atom. The molecule has 0 spiro atoms. The molecule has 82 valence electrons. The van der Waals surface area contributed by atoms with Crippen LogP contribution in [0.1, 0.15) is 5.56 Å². The first kappa shape index (κ1) is 13.9. The summed E-state index contributed by atoms with van der Waals surface area (Å²) in [5.41, 5.74) is 7.49. The summed E-state index contributed by atoms with van der Waals surface area (Å²) in [7, 11) is 0. The Bertz CT molecular complexity index is 383. The molecule has 0 amide bonds. The predicted octanol–water partition coefficient (Wildman–Crippen LogP) is 1.83. The van der Waals surface area contributed by atoms with E-state index in [2.05, 4.69) is 26.5 Å². The molecule has 4 N–H and O–H groups in total. The van der Waals surface area contributed by atoms with Gasteiger partial charge in [0, 0.05) is 10.0 Å². The zero-order chi connectivity index (χ0) is 10.6. The highest BCUT2D eigenvalue weighted by atomic mass is 79.9. The molecule has 0 radical (unpaired) electrons. The molecule has 0 aliphatic carbocycles. The number of hydrazone groups is 1. The molecule has 0 aliphatic heterocycles. The van der Waals surface area contributed by atoms with E-state index in [-0.39, 0.29) is 18.4 Å². The minimum Gasteiger partial charge on any atom is -0.369 e. The van der Waals surface area contributed by atoms with Crippen LogP contribution in [0.4, 0.5) is 4.39 Å². The maximum atomic E-state index is 13.1. The summed E-state index contributed by atoms with van der Waals surface area (Å²) in [4.78, 5) is 0. The third-order valence-corrected chi connectivity index (χ3v) is 1.84. The lowest BCUT2D eigenvalue weighted by molar-refractivity contribution is 0.625. The van der Waals surface area contributed by atoms with E-state index in [1.54, 1.807) is 12.1 Å². The van der Waals surface area contributed by atoms with Gasteiger partial charge in [-0.05, 0) is 18.2 Å². The number of nitrogens with one attached hydrogen (secondary N) is 2. The Labute approximate surface area is 101 Å². The van der Waals surface area contributed by atoms with Crippen LogP contribution in [0.2, 0.25) is 0 Å². The topological polar surface area (TPSA) is 74.3 Å². The maximum absolute atomic E-state index is 13.1. The van der Waals surface area contributed by atoms with Crippen LogP contribution < -0.4 is 11.2 Å². The molecule has 0 atom stereocenters. The van der Waals surface area contributed by atoms with Crippen LogP contribution in [-0.2, 0) is 0 Å². The number of halogens is 3. The lowest BCUT2D eigenvalue weighted by Crippen LogP contribution is -2.25. The van der Waals surface area contributed by atoms with Crippen molar-refractivity contribution >= 4 is 40.5 Å². The monoisotopic (exact) mass is 294 g/mol. The fourth-order valence-electron chi connectivity index (χ4n) is 0.778. The maximum Gasteiger partial charge on any atom is 0.206 e. The summed E-state index contributed by atoms with van der Waals surface area (Å²) in [6, 6.07) is 4.58. The number of hydrogen-bond acceptors (Lipinski definition) is 2. The molecule has 7 heteroatoms. The highest BCUT2D eigenvalue weighted by Gasteiger charge is 1.98. The van der Waals surface area contributed by atoms with E-state index in [9.17, 15) is 4.39 Å². The Hall–Kier alpha value is -1.14. The van der Waals surface area contributed by atoms with Crippen molar-refractivity contribution < 1.29 is 4.39 Å². The van der Waals surface area contributed by atoms with Gasteiger partial charge in [-0.25, -0.2) is 9.82 Å². The summed E-state index contributed by atoms with van der Waals surface area (Å²) in [6.45, 7) is 0. The average molecular weight is 296 g/mol. The Kier molecular flexibility index (Phi) is 5.88. The summed E-state index contributed by atoms with van der Waals surface area (Å²) < 4.78 is 13.8. The molecule has 0 heterocycles. The SMILES string of the molecule is Cl.N=C(N)NN=Cc1ccc(Br)cc1F. The molecule has 0 bridgehead atoms. The van der Waals surface area contributed by atoms with Crippen molar-refractivity contribution in [3.63, 3.8) is 0 Å². The van der Waals surface area contributed by atoms with Crippen LogP contribution in [0.25, 0.3) is 0 Å². The normalized spacial score (nSPS) is 9.73. The van der Waals surface area contributed by atoms with E-state index in [4.69, 9.17) is 11.1 Å². The van der Waals surface area contributed by atoms with Crippen LogP contribution in [0, 0.1) is 11.2 Å². The van der Waals surface area contributed by atoms with Gasteiger partial charge in [-0.1, -0.05) is 15.9 Å². The van der Waals surface area contributed by atoms with Crippen LogP contribution in [-0.4, -0.2) is 12.2 Å². The second kappa shape index (κ2) is 6.36. The molecule has 1 rings (SSSR count). The lowest BCUT2D eigenvalue weighted by atomic mass is 10.2. The zero-order valence-corrected chi connectivity index (χ0v) is 9.90. The molecule has 0 aliphatic rings. The summed E-state index contributed by atoms with van der Waals surface area (Å²) in [5.74, 6) is -0.688. The minimum absolute atomic E-state index is 0. The standard InChI is InChI=1S/C8H8BrFN4.ClH/c9-6-2-1-5(7(10)3-6)4-13-14-8(11)12;/h1-4H,(H4,11,12,14);1H. The fourth-order valence-corrected chi connectivity index (χ4v) is 1.11. The van der Waals surface area contributed by atoms with Crippen molar-refractivity contribution in [2.45, 2.75) is 0 Å². The highest BCUT2D eigenvalue weighted by molar-refractivity contribution is 9.10. The van der Waals surface area contributed by atoms with Crippen molar-refractivity contribution in [3.8, 4) is 0 Å². The highest BCUT2D eigenvalue weighted by Crippen LogP contribution is 2.13. The van der Waals surface area contributed by atoms with Gasteiger partial charge in [-0.3, -0.25) is 5.41 Å². The number of rotatable bonds is 2. The van der Waals surface area contributed by atoms with Crippen molar-refractivity contribution in [1.82, 2.24) is 5.43 Å². The van der Waals surface area contributed by atoms with Gasteiger partial charge in [-0.15, -0.1) is 12.4 Å². The quantitative estimate of drug-likeness (QED) is 0.442. The molecule has 1 aromatic rings. The summed E-state index contributed by atoms with van der Waals surface area (Å²) >= 11 is 3.13. The average Bonchev–Trinajstić information content (AvgIpc) is 2.08. The predicted molar refractivity (Wildman–Crippen MR) is 64.0 cm³/mol. The van der Waals surface area contributed by atoms with Gasteiger partial charge < -0.3 is 5.73 Å². The smallest absolute Gasteiger partial charge is 0.206 e. The van der Waals surface area contributed by atoms with E-state index >= 15 is 0 Å². The number of hydrogen-bond donors (Lipinski definition) is 3. The first-order chi connectivity index (χ1) is 6.59. The van der Waals surface area contributed by atoms with Crippen LogP contribution >= 0.6 is 28.3 Å². The van der Waals surface area contributed by atoms with Crippen molar-refractivity contribution in [3.05, 3.63) is 34.1 Å². The van der Waals surface area contributed by atoms with Gasteiger partial charge >= 0.3 is 0 Å². The molecular weight excluding hydrogens is 286 g/mol. The lowest BCUT2D eigenvalue weighted by Gasteiger charge is -1.97. The van der Waals surface area contributed by atoms with Gasteiger partial charge in [0.1, 0.15) is 5.82 Å². The molecule has 0 saturated heterocycles. The summed E-state index contributed by atoms with van der Waals surface area (Å²) in [5, 5.41) is 10.4. The van der Waals surface area contributed by atoms with Crippen LogP contribution in [0.5, 0.6) is 0 Å². The van der Waals surface area contributed by atoms with E-state index in [1.807, 2.05) is 0 Å². The molecule has 4 nitrogen and oxygen atoms in total. The van der Waals surface area contributed by atoms with E-state index in [0.29, 0.717) is 10.0 Å². The van der Waals surface area contributed by atoms with Crippen molar-refractivity contribution in [2.75, 3.05) is 0 Å². The molecular formula is C8H9BrClFN4. The molecule has 0 saturated carbocycles. The molecule has 0 aromatic heterocycles. The number of nitrogens with zero attached hydrogens (tertiary/aromatic N) is 1. The second-order valence-corrected chi connectivity index (χ2v) is 3.37. The zero-order valence-electron chi connectivity index (χ0n) is 7.50. The van der Waals surface area contributed by atoms with Gasteiger partial charge in [-0.2, -0.15) is 5.10 Å². The summed E-state index contributed by atoms with van der Waals surface area (Å²) in [6.07, 6.45) is 1.25. The van der Waals surface area contributed by atoms with Gasteiger partial charge in [0.15, 0.2) is 0 Å². The number of benzene rings is 1. The van der Waals surface area contributed by atoms with Crippen LogP contribution in [0.3, 0.4) is 0 Å². The number of guanidine groups is 1. The van der Waals surface area contributed by atoms with Gasteiger partial charge in [0.05, 0.1) is 6.21 Å². The molecule has 15 heavy (non-hydrogen) atoms.